The summed E-state index contributed by atoms with van der Waals surface area (Å²) >= 11 is 0. The van der Waals surface area contributed by atoms with Crippen molar-refractivity contribution in [2.24, 2.45) is 0 Å². The Labute approximate surface area is 99.6 Å². The molecular weight excluding hydrogens is 218 g/mol. The third kappa shape index (κ3) is 3.95. The van der Waals surface area contributed by atoms with Crippen molar-refractivity contribution in [3.63, 3.8) is 0 Å². The van der Waals surface area contributed by atoms with E-state index in [4.69, 9.17) is 4.74 Å². The first kappa shape index (κ1) is 12.7. The van der Waals surface area contributed by atoms with Crippen LogP contribution in [0.3, 0.4) is 0 Å². The molecule has 0 radical (unpaired) electrons. The van der Waals surface area contributed by atoms with E-state index >= 15 is 0 Å². The number of ether oxygens (including phenoxy) is 1. The molecule has 0 saturated carbocycles. The molecule has 4 heteroatoms. The summed E-state index contributed by atoms with van der Waals surface area (Å²) in [6.45, 7) is 8.39. The van der Waals surface area contributed by atoms with Gasteiger partial charge < -0.3 is 10.1 Å². The van der Waals surface area contributed by atoms with Crippen LogP contribution in [0.4, 0.5) is 5.69 Å². The van der Waals surface area contributed by atoms with E-state index in [0.29, 0.717) is 17.0 Å². The van der Waals surface area contributed by atoms with Gasteiger partial charge in [-0.25, -0.2) is 4.79 Å². The van der Waals surface area contributed by atoms with Gasteiger partial charge in [-0.2, -0.15) is 0 Å². The van der Waals surface area contributed by atoms with E-state index in [2.05, 4.69) is 18.5 Å². The summed E-state index contributed by atoms with van der Waals surface area (Å²) < 4.78 is 4.99. The minimum Gasteiger partial charge on any atom is -0.423 e. The van der Waals surface area contributed by atoms with E-state index in [1.54, 1.807) is 31.2 Å². The molecular formula is C13H13NO3. The van der Waals surface area contributed by atoms with Gasteiger partial charge in [0.2, 0.25) is 5.91 Å². The summed E-state index contributed by atoms with van der Waals surface area (Å²) in [6, 6.07) is 6.42. The maximum absolute atomic E-state index is 11.2. The highest BCUT2D eigenvalue weighted by atomic mass is 16.5. The second-order valence-corrected chi connectivity index (χ2v) is 3.39. The zero-order valence-electron chi connectivity index (χ0n) is 9.53. The van der Waals surface area contributed by atoms with Crippen molar-refractivity contribution in [2.75, 3.05) is 5.32 Å². The molecule has 17 heavy (non-hydrogen) atoms. The molecule has 4 nitrogen and oxygen atoms in total. The zero-order valence-corrected chi connectivity index (χ0v) is 9.53. The Morgan fingerprint density at radius 2 is 1.88 bits per heavy atom. The van der Waals surface area contributed by atoms with E-state index in [-0.39, 0.29) is 5.91 Å². The second-order valence-electron chi connectivity index (χ2n) is 3.39. The molecule has 0 fully saturated rings. The molecule has 0 bridgehead atoms. The fraction of sp³-hybridized carbons (Fsp3) is 0.0769. The highest BCUT2D eigenvalue weighted by Gasteiger charge is 2.05. The van der Waals surface area contributed by atoms with E-state index in [1.165, 1.54) is 6.08 Å². The Bertz CT molecular complexity index is 460. The van der Waals surface area contributed by atoms with Gasteiger partial charge in [0.15, 0.2) is 0 Å². The molecule has 1 aromatic carbocycles. The lowest BCUT2D eigenvalue weighted by molar-refractivity contribution is -0.130. The molecule has 1 N–H and O–H groups in total. The molecule has 1 amide bonds. The Balaban J connectivity index is 2.68. The smallest absolute Gasteiger partial charge is 0.338 e. The largest absolute Gasteiger partial charge is 0.423 e. The summed E-state index contributed by atoms with van der Waals surface area (Å²) in [5.41, 5.74) is 0.930. The topological polar surface area (TPSA) is 55.4 Å². The van der Waals surface area contributed by atoms with Gasteiger partial charge in [0.1, 0.15) is 5.75 Å². The van der Waals surface area contributed by atoms with Crippen molar-refractivity contribution in [3.8, 4) is 5.75 Å². The quantitative estimate of drug-likeness (QED) is 0.491. The lowest BCUT2D eigenvalue weighted by Gasteiger charge is -2.05. The molecule has 0 aromatic heterocycles. The Hall–Kier alpha value is -2.36. The van der Waals surface area contributed by atoms with Gasteiger partial charge in [-0.1, -0.05) is 13.2 Å². The summed E-state index contributed by atoms with van der Waals surface area (Å²) in [6.07, 6.45) is 1.18. The Kier molecular flexibility index (Phi) is 4.22. The van der Waals surface area contributed by atoms with Gasteiger partial charge in [-0.05, 0) is 37.3 Å². The minimum atomic E-state index is -0.479. The van der Waals surface area contributed by atoms with Crippen molar-refractivity contribution < 1.29 is 14.3 Å². The number of amides is 1. The van der Waals surface area contributed by atoms with Crippen LogP contribution in [-0.4, -0.2) is 11.9 Å². The van der Waals surface area contributed by atoms with Crippen molar-refractivity contribution in [3.05, 3.63) is 49.1 Å². The van der Waals surface area contributed by atoms with Crippen LogP contribution in [-0.2, 0) is 9.59 Å². The number of esters is 1. The predicted molar refractivity (Wildman–Crippen MR) is 65.7 cm³/mol. The highest BCUT2D eigenvalue weighted by molar-refractivity contribution is 5.98. The minimum absolute atomic E-state index is 0.295. The van der Waals surface area contributed by atoms with Crippen LogP contribution in [0.1, 0.15) is 6.92 Å². The summed E-state index contributed by atoms with van der Waals surface area (Å²) in [4.78, 5) is 22.2. The third-order valence-corrected chi connectivity index (χ3v) is 1.87. The molecule has 0 spiro atoms. The zero-order chi connectivity index (χ0) is 12.8. The van der Waals surface area contributed by atoms with Crippen LogP contribution in [0.2, 0.25) is 0 Å². The van der Waals surface area contributed by atoms with E-state index in [0.717, 1.165) is 0 Å². The predicted octanol–water partition coefficient (Wildman–Crippen LogP) is 2.29. The van der Waals surface area contributed by atoms with Crippen LogP contribution in [0.5, 0.6) is 5.75 Å². The monoisotopic (exact) mass is 231 g/mol. The standard InChI is InChI=1S/C13H13NO3/c1-4-12(15)14-10-5-7-11(8-6-10)17-13(16)9(2)3/h4-8H,1-2H2,3H3,(H,14,15). The fourth-order valence-electron chi connectivity index (χ4n) is 0.994. The molecule has 0 aliphatic carbocycles. The first-order valence-corrected chi connectivity index (χ1v) is 4.94. The van der Waals surface area contributed by atoms with Crippen LogP contribution in [0.25, 0.3) is 0 Å². The van der Waals surface area contributed by atoms with Gasteiger partial charge in [0.25, 0.3) is 0 Å². The number of nitrogens with one attached hydrogen (secondary N) is 1. The molecule has 88 valence electrons. The molecule has 0 heterocycles. The number of anilines is 1. The van der Waals surface area contributed by atoms with E-state index < -0.39 is 5.97 Å². The lowest BCUT2D eigenvalue weighted by Crippen LogP contribution is -2.09. The fourth-order valence-corrected chi connectivity index (χ4v) is 0.994. The van der Waals surface area contributed by atoms with Crippen molar-refractivity contribution in [1.29, 1.82) is 0 Å². The number of hydrogen-bond acceptors (Lipinski definition) is 3. The highest BCUT2D eigenvalue weighted by Crippen LogP contribution is 2.16. The average Bonchev–Trinajstić information content (AvgIpc) is 2.31. The summed E-state index contributed by atoms with van der Waals surface area (Å²) in [5, 5.41) is 2.58. The van der Waals surface area contributed by atoms with Gasteiger partial charge in [-0.15, -0.1) is 0 Å². The van der Waals surface area contributed by atoms with E-state index in [1.807, 2.05) is 0 Å². The van der Waals surface area contributed by atoms with Crippen LogP contribution >= 0.6 is 0 Å². The van der Waals surface area contributed by atoms with Gasteiger partial charge in [0.05, 0.1) is 0 Å². The number of hydrogen-bond donors (Lipinski definition) is 1. The van der Waals surface area contributed by atoms with Crippen LogP contribution in [0.15, 0.2) is 49.1 Å². The molecule has 0 saturated heterocycles. The normalized spacial score (nSPS) is 9.24. The Morgan fingerprint density at radius 3 is 2.35 bits per heavy atom. The molecule has 1 rings (SSSR count). The van der Waals surface area contributed by atoms with Crippen molar-refractivity contribution >= 4 is 17.6 Å². The van der Waals surface area contributed by atoms with Crippen molar-refractivity contribution in [1.82, 2.24) is 0 Å². The number of rotatable bonds is 4. The molecule has 0 aliphatic rings. The maximum atomic E-state index is 11.2. The second kappa shape index (κ2) is 5.65. The SMILES string of the molecule is C=CC(=O)Nc1ccc(OC(=O)C(=C)C)cc1. The molecule has 0 aliphatic heterocycles. The first-order valence-electron chi connectivity index (χ1n) is 4.94. The average molecular weight is 231 g/mol. The molecule has 1 aromatic rings. The molecule has 0 unspecified atom stereocenters. The van der Waals surface area contributed by atoms with Crippen LogP contribution in [0, 0.1) is 0 Å². The Morgan fingerprint density at radius 1 is 1.29 bits per heavy atom. The lowest BCUT2D eigenvalue weighted by atomic mass is 10.3. The van der Waals surface area contributed by atoms with Gasteiger partial charge >= 0.3 is 5.97 Å². The number of carbonyl (C=O) groups is 2. The van der Waals surface area contributed by atoms with Crippen LogP contribution < -0.4 is 10.1 Å². The van der Waals surface area contributed by atoms with E-state index in [9.17, 15) is 9.59 Å². The molecule has 0 atom stereocenters. The number of benzene rings is 1. The van der Waals surface area contributed by atoms with Gasteiger partial charge in [-0.3, -0.25) is 4.79 Å². The van der Waals surface area contributed by atoms with Gasteiger partial charge in [0, 0.05) is 11.3 Å². The maximum Gasteiger partial charge on any atom is 0.338 e. The summed E-state index contributed by atoms with van der Waals surface area (Å²) in [5.74, 6) is -0.376. The first-order chi connectivity index (χ1) is 8.02. The third-order valence-electron chi connectivity index (χ3n) is 1.87. The summed E-state index contributed by atoms with van der Waals surface area (Å²) in [7, 11) is 0. The number of carbonyl (C=O) groups excluding carboxylic acids is 2. The van der Waals surface area contributed by atoms with Crippen molar-refractivity contribution in [2.45, 2.75) is 6.92 Å².